The van der Waals surface area contributed by atoms with Crippen LogP contribution in [-0.2, 0) is 28.5 Å². The van der Waals surface area contributed by atoms with Gasteiger partial charge in [0.1, 0.15) is 31.0 Å². The fourth-order valence-corrected chi connectivity index (χ4v) is 4.40. The minimum Gasteiger partial charge on any atom is -0.462 e. The number of aliphatic hydroxyl groups is 4. The molecule has 0 amide bonds. The molecule has 1 heterocycles. The third kappa shape index (κ3) is 16.0. The van der Waals surface area contributed by atoms with Gasteiger partial charge in [0, 0.05) is 12.8 Å². The van der Waals surface area contributed by atoms with E-state index in [0.717, 1.165) is 32.1 Å². The molecule has 10 heteroatoms. The molecule has 0 aromatic heterocycles. The number of rotatable bonds is 23. The number of hydrogen-bond acceptors (Lipinski definition) is 10. The van der Waals surface area contributed by atoms with Crippen molar-refractivity contribution < 1.29 is 49.0 Å². The third-order valence-corrected chi connectivity index (χ3v) is 6.95. The summed E-state index contributed by atoms with van der Waals surface area (Å²) in [6.07, 6.45) is 11.9. The lowest BCUT2D eigenvalue weighted by Gasteiger charge is -2.39. The summed E-state index contributed by atoms with van der Waals surface area (Å²) in [6.45, 7) is 2.77. The Labute approximate surface area is 240 Å². The van der Waals surface area contributed by atoms with Gasteiger partial charge in [0.25, 0.3) is 0 Å². The monoisotopic (exact) mass is 574 g/mol. The van der Waals surface area contributed by atoms with Gasteiger partial charge in [-0.1, -0.05) is 77.4 Å². The van der Waals surface area contributed by atoms with Gasteiger partial charge in [-0.25, -0.2) is 0 Å². The predicted molar refractivity (Wildman–Crippen MR) is 150 cm³/mol. The first-order valence-electron chi connectivity index (χ1n) is 15.3. The molecule has 0 aliphatic carbocycles. The summed E-state index contributed by atoms with van der Waals surface area (Å²) in [7, 11) is 0. The van der Waals surface area contributed by atoms with Crippen LogP contribution in [0.2, 0.25) is 0 Å². The van der Waals surface area contributed by atoms with E-state index in [4.69, 9.17) is 18.9 Å². The molecule has 10 nitrogen and oxygen atoms in total. The Morgan fingerprint density at radius 1 is 0.775 bits per heavy atom. The zero-order valence-corrected chi connectivity index (χ0v) is 24.6. The van der Waals surface area contributed by atoms with Crippen molar-refractivity contribution in [2.45, 2.75) is 147 Å². The Bertz CT molecular complexity index is 683. The van der Waals surface area contributed by atoms with Crippen LogP contribution in [0.5, 0.6) is 0 Å². The zero-order valence-electron chi connectivity index (χ0n) is 24.6. The van der Waals surface area contributed by atoms with Crippen molar-refractivity contribution in [3.8, 4) is 0 Å². The van der Waals surface area contributed by atoms with Crippen LogP contribution in [0.25, 0.3) is 0 Å². The number of aliphatic hydroxyl groups excluding tert-OH is 4. The SMILES string of the molecule is CCCCCCCC/C=C\CCCCCCCC(=O)OC(COC(=O)CC)COC1OC(CO)C(O)C(O)C1O. The first-order valence-corrected chi connectivity index (χ1v) is 15.3. The van der Waals surface area contributed by atoms with Gasteiger partial charge in [-0.3, -0.25) is 9.59 Å². The highest BCUT2D eigenvalue weighted by Crippen LogP contribution is 2.22. The van der Waals surface area contributed by atoms with Crippen molar-refractivity contribution in [2.24, 2.45) is 0 Å². The maximum atomic E-state index is 12.4. The molecule has 6 unspecified atom stereocenters. The molecule has 0 aromatic carbocycles. The number of unbranched alkanes of at least 4 members (excludes halogenated alkanes) is 11. The van der Waals surface area contributed by atoms with E-state index in [1.165, 1.54) is 44.9 Å². The molecule has 1 rings (SSSR count). The number of esters is 2. The number of carbonyl (C=O) groups is 2. The van der Waals surface area contributed by atoms with Crippen molar-refractivity contribution in [2.75, 3.05) is 19.8 Å². The van der Waals surface area contributed by atoms with E-state index in [-0.39, 0.29) is 26.1 Å². The predicted octanol–water partition coefficient (Wildman–Crippen LogP) is 3.71. The molecule has 0 radical (unpaired) electrons. The molecule has 1 aliphatic rings. The van der Waals surface area contributed by atoms with Gasteiger partial charge < -0.3 is 39.4 Å². The molecular formula is C30H54O10. The lowest BCUT2D eigenvalue weighted by molar-refractivity contribution is -0.305. The number of allylic oxidation sites excluding steroid dienone is 2. The van der Waals surface area contributed by atoms with Gasteiger partial charge in [-0.05, 0) is 32.1 Å². The van der Waals surface area contributed by atoms with Gasteiger partial charge in [0.15, 0.2) is 12.4 Å². The van der Waals surface area contributed by atoms with Crippen LogP contribution in [0.4, 0.5) is 0 Å². The Balaban J connectivity index is 2.27. The first kappa shape index (κ1) is 36.5. The molecule has 4 N–H and O–H groups in total. The second kappa shape index (κ2) is 23.1. The average Bonchev–Trinajstić information content (AvgIpc) is 2.95. The number of carbonyl (C=O) groups excluding carboxylic acids is 2. The van der Waals surface area contributed by atoms with Gasteiger partial charge in [0.2, 0.25) is 0 Å². The van der Waals surface area contributed by atoms with Gasteiger partial charge in [-0.2, -0.15) is 0 Å². The van der Waals surface area contributed by atoms with Gasteiger partial charge in [0.05, 0.1) is 13.2 Å². The van der Waals surface area contributed by atoms with Crippen LogP contribution < -0.4 is 0 Å². The van der Waals surface area contributed by atoms with Crippen LogP contribution in [0.15, 0.2) is 12.2 Å². The van der Waals surface area contributed by atoms with E-state index in [9.17, 15) is 30.0 Å². The quantitative estimate of drug-likeness (QED) is 0.0807. The van der Waals surface area contributed by atoms with E-state index in [2.05, 4.69) is 19.1 Å². The standard InChI is InChI=1S/C30H54O10/c1-3-5-6-7-8-9-10-11-12-13-14-15-16-17-18-19-26(33)39-23(21-37-25(32)4-2)22-38-30-29(36)28(35)27(34)24(20-31)40-30/h11-12,23-24,27-31,34-36H,3-10,13-22H2,1-2H3/b12-11-. The highest BCUT2D eigenvalue weighted by Gasteiger charge is 2.44. The van der Waals surface area contributed by atoms with E-state index in [1.807, 2.05) is 0 Å². The van der Waals surface area contributed by atoms with Crippen LogP contribution in [0.3, 0.4) is 0 Å². The zero-order chi connectivity index (χ0) is 29.6. The first-order chi connectivity index (χ1) is 19.3. The van der Waals surface area contributed by atoms with Crippen molar-refractivity contribution >= 4 is 11.9 Å². The van der Waals surface area contributed by atoms with Crippen molar-refractivity contribution in [3.05, 3.63) is 12.2 Å². The van der Waals surface area contributed by atoms with E-state index in [1.54, 1.807) is 6.92 Å². The Morgan fingerprint density at radius 3 is 1.98 bits per heavy atom. The molecule has 1 fully saturated rings. The van der Waals surface area contributed by atoms with Crippen LogP contribution in [-0.4, -0.2) is 89.0 Å². The van der Waals surface area contributed by atoms with Crippen molar-refractivity contribution in [1.82, 2.24) is 0 Å². The summed E-state index contributed by atoms with van der Waals surface area (Å²) in [6, 6.07) is 0. The Morgan fingerprint density at radius 2 is 1.38 bits per heavy atom. The van der Waals surface area contributed by atoms with Gasteiger partial charge in [-0.15, -0.1) is 0 Å². The maximum absolute atomic E-state index is 12.4. The highest BCUT2D eigenvalue weighted by molar-refractivity contribution is 5.70. The molecule has 0 aromatic rings. The second-order valence-corrected chi connectivity index (χ2v) is 10.5. The summed E-state index contributed by atoms with van der Waals surface area (Å²) in [5, 5.41) is 39.3. The lowest BCUT2D eigenvalue weighted by atomic mass is 9.99. The number of ether oxygens (including phenoxy) is 4. The van der Waals surface area contributed by atoms with E-state index < -0.39 is 55.4 Å². The molecule has 0 bridgehead atoms. The maximum Gasteiger partial charge on any atom is 0.306 e. The summed E-state index contributed by atoms with van der Waals surface area (Å²) < 4.78 is 21.3. The summed E-state index contributed by atoms with van der Waals surface area (Å²) >= 11 is 0. The van der Waals surface area contributed by atoms with Crippen LogP contribution in [0.1, 0.15) is 110 Å². The molecule has 40 heavy (non-hydrogen) atoms. The highest BCUT2D eigenvalue weighted by atomic mass is 16.7. The molecule has 0 spiro atoms. The molecule has 234 valence electrons. The third-order valence-electron chi connectivity index (χ3n) is 6.95. The van der Waals surface area contributed by atoms with Crippen LogP contribution >= 0.6 is 0 Å². The Kier molecular flexibility index (Phi) is 21.0. The smallest absolute Gasteiger partial charge is 0.306 e. The second-order valence-electron chi connectivity index (χ2n) is 10.5. The minimum atomic E-state index is -1.59. The fourth-order valence-electron chi connectivity index (χ4n) is 4.40. The average molecular weight is 575 g/mol. The summed E-state index contributed by atoms with van der Waals surface area (Å²) in [5.74, 6) is -0.918. The molecular weight excluding hydrogens is 520 g/mol. The van der Waals surface area contributed by atoms with Gasteiger partial charge >= 0.3 is 11.9 Å². The molecule has 6 atom stereocenters. The van der Waals surface area contributed by atoms with E-state index >= 15 is 0 Å². The fraction of sp³-hybridized carbons (Fsp3) is 0.867. The summed E-state index contributed by atoms with van der Waals surface area (Å²) in [5.41, 5.74) is 0. The van der Waals surface area contributed by atoms with Crippen LogP contribution in [0, 0.1) is 0 Å². The van der Waals surface area contributed by atoms with Crippen molar-refractivity contribution in [1.29, 1.82) is 0 Å². The molecule has 1 saturated heterocycles. The van der Waals surface area contributed by atoms with E-state index in [0.29, 0.717) is 6.42 Å². The minimum absolute atomic E-state index is 0.156. The number of hydrogen-bond donors (Lipinski definition) is 4. The molecule has 0 saturated carbocycles. The largest absolute Gasteiger partial charge is 0.462 e. The molecule has 1 aliphatic heterocycles. The lowest BCUT2D eigenvalue weighted by Crippen LogP contribution is -2.59. The topological polar surface area (TPSA) is 152 Å². The summed E-state index contributed by atoms with van der Waals surface area (Å²) in [4.78, 5) is 24.0. The Hall–Kier alpha value is -1.56. The normalized spacial score (nSPS) is 23.8. The van der Waals surface area contributed by atoms with Crippen molar-refractivity contribution in [3.63, 3.8) is 0 Å².